The quantitative estimate of drug-likeness (QED) is 0.321. The molecule has 0 spiro atoms. The van der Waals surface area contributed by atoms with E-state index in [-0.39, 0.29) is 0 Å². The van der Waals surface area contributed by atoms with Gasteiger partial charge in [-0.3, -0.25) is 4.99 Å². The Hall–Kier alpha value is -0.810. The van der Waals surface area contributed by atoms with Crippen LogP contribution in [-0.4, -0.2) is 63.2 Å². The standard InChI is InChI=1S/C15H35N5/c1-13(2)18-15(19-14(3)4)17-11-7-9-16-10-8-12-20(5)6/h13-14,16H,7-12H2,1-6H3,(H2,17,18,19). The van der Waals surface area contributed by atoms with Gasteiger partial charge in [-0.25, -0.2) is 0 Å². The van der Waals surface area contributed by atoms with Crippen LogP contribution >= 0.6 is 0 Å². The highest BCUT2D eigenvalue weighted by Crippen LogP contribution is 1.88. The van der Waals surface area contributed by atoms with E-state index in [1.807, 2.05) is 0 Å². The highest BCUT2D eigenvalue weighted by atomic mass is 15.2. The van der Waals surface area contributed by atoms with Crippen molar-refractivity contribution in [3.05, 3.63) is 0 Å². The van der Waals surface area contributed by atoms with Gasteiger partial charge in [-0.15, -0.1) is 0 Å². The highest BCUT2D eigenvalue weighted by Gasteiger charge is 2.01. The Morgan fingerprint density at radius 3 is 2.20 bits per heavy atom. The summed E-state index contributed by atoms with van der Waals surface area (Å²) in [6, 6.07) is 0.720. The molecule has 0 aliphatic heterocycles. The Labute approximate surface area is 125 Å². The van der Waals surface area contributed by atoms with Crippen LogP contribution in [0.3, 0.4) is 0 Å². The Kier molecular flexibility index (Phi) is 11.5. The predicted molar refractivity (Wildman–Crippen MR) is 89.5 cm³/mol. The van der Waals surface area contributed by atoms with Crippen molar-refractivity contribution in [2.45, 2.75) is 52.6 Å². The van der Waals surface area contributed by atoms with E-state index in [1.54, 1.807) is 0 Å². The average Bonchev–Trinajstić information content (AvgIpc) is 2.30. The lowest BCUT2D eigenvalue weighted by Crippen LogP contribution is -2.42. The molecule has 0 aromatic carbocycles. The van der Waals surface area contributed by atoms with Crippen LogP contribution in [0.1, 0.15) is 40.5 Å². The third kappa shape index (κ3) is 13.6. The van der Waals surface area contributed by atoms with Gasteiger partial charge in [0.15, 0.2) is 5.96 Å². The minimum Gasteiger partial charge on any atom is -0.356 e. The van der Waals surface area contributed by atoms with Gasteiger partial charge in [-0.2, -0.15) is 0 Å². The second kappa shape index (κ2) is 12.0. The van der Waals surface area contributed by atoms with Crippen molar-refractivity contribution in [1.82, 2.24) is 20.9 Å². The first-order valence-electron chi connectivity index (χ1n) is 7.85. The average molecular weight is 285 g/mol. The summed E-state index contributed by atoms with van der Waals surface area (Å²) in [5, 5.41) is 10.2. The van der Waals surface area contributed by atoms with Gasteiger partial charge in [0.25, 0.3) is 0 Å². The van der Waals surface area contributed by atoms with Crippen molar-refractivity contribution < 1.29 is 0 Å². The highest BCUT2D eigenvalue weighted by molar-refractivity contribution is 5.80. The van der Waals surface area contributed by atoms with E-state index < -0.39 is 0 Å². The monoisotopic (exact) mass is 285 g/mol. The summed E-state index contributed by atoms with van der Waals surface area (Å²) in [5.41, 5.74) is 0. The fourth-order valence-corrected chi connectivity index (χ4v) is 1.73. The summed E-state index contributed by atoms with van der Waals surface area (Å²) in [6.07, 6.45) is 2.31. The number of nitrogens with zero attached hydrogens (tertiary/aromatic N) is 2. The van der Waals surface area contributed by atoms with Crippen LogP contribution in [0.2, 0.25) is 0 Å². The third-order valence-electron chi connectivity index (χ3n) is 2.59. The van der Waals surface area contributed by atoms with Crippen molar-refractivity contribution in [3.63, 3.8) is 0 Å². The van der Waals surface area contributed by atoms with Crippen LogP contribution in [0.4, 0.5) is 0 Å². The number of guanidine groups is 1. The molecule has 0 atom stereocenters. The first-order chi connectivity index (χ1) is 9.41. The molecule has 0 saturated heterocycles. The molecule has 0 bridgehead atoms. The summed E-state index contributed by atoms with van der Waals surface area (Å²) in [7, 11) is 4.22. The number of nitrogens with one attached hydrogen (secondary N) is 3. The zero-order chi connectivity index (χ0) is 15.4. The predicted octanol–water partition coefficient (Wildman–Crippen LogP) is 1.27. The molecule has 0 unspecified atom stereocenters. The van der Waals surface area contributed by atoms with Crippen molar-refractivity contribution in [2.75, 3.05) is 40.3 Å². The van der Waals surface area contributed by atoms with Crippen LogP contribution in [0, 0.1) is 0 Å². The Bertz CT molecular complexity index is 249. The molecular formula is C15H35N5. The second-order valence-electron chi connectivity index (χ2n) is 6.06. The second-order valence-corrected chi connectivity index (χ2v) is 6.06. The number of rotatable bonds is 10. The van der Waals surface area contributed by atoms with Crippen molar-refractivity contribution in [2.24, 2.45) is 4.99 Å². The molecule has 0 radical (unpaired) electrons. The van der Waals surface area contributed by atoms with E-state index in [4.69, 9.17) is 0 Å². The molecule has 20 heavy (non-hydrogen) atoms. The number of aliphatic imine (C=N–C) groups is 1. The van der Waals surface area contributed by atoms with Gasteiger partial charge in [0.05, 0.1) is 0 Å². The van der Waals surface area contributed by atoms with Crippen LogP contribution in [0.25, 0.3) is 0 Å². The summed E-state index contributed by atoms with van der Waals surface area (Å²) in [4.78, 5) is 6.77. The minimum absolute atomic E-state index is 0.313. The molecule has 0 rings (SSSR count). The fourth-order valence-electron chi connectivity index (χ4n) is 1.73. The molecule has 0 saturated carbocycles. The summed E-state index contributed by atoms with van der Waals surface area (Å²) >= 11 is 0. The van der Waals surface area contributed by atoms with E-state index >= 15 is 0 Å². The SMILES string of the molecule is CC(C)/N=C(\NCCCNCCCN(C)C)NC(C)C. The fraction of sp³-hybridized carbons (Fsp3) is 0.933. The maximum absolute atomic E-state index is 4.55. The van der Waals surface area contributed by atoms with Crippen molar-refractivity contribution >= 4 is 5.96 Å². The molecule has 0 heterocycles. The van der Waals surface area contributed by atoms with Crippen molar-refractivity contribution in [3.8, 4) is 0 Å². The molecule has 0 aromatic heterocycles. The van der Waals surface area contributed by atoms with Crippen molar-refractivity contribution in [1.29, 1.82) is 0 Å². The van der Waals surface area contributed by atoms with E-state index in [9.17, 15) is 0 Å². The van der Waals surface area contributed by atoms with Gasteiger partial charge in [-0.05, 0) is 74.3 Å². The first kappa shape index (κ1) is 19.2. The van der Waals surface area contributed by atoms with Crippen LogP contribution in [0.5, 0.6) is 0 Å². The maximum atomic E-state index is 4.55. The topological polar surface area (TPSA) is 51.7 Å². The van der Waals surface area contributed by atoms with Crippen LogP contribution < -0.4 is 16.0 Å². The molecule has 0 aromatic rings. The van der Waals surface area contributed by atoms with Gasteiger partial charge in [0.1, 0.15) is 0 Å². The number of hydrogen-bond donors (Lipinski definition) is 3. The van der Waals surface area contributed by atoms with Gasteiger partial charge >= 0.3 is 0 Å². The smallest absolute Gasteiger partial charge is 0.191 e. The van der Waals surface area contributed by atoms with Gasteiger partial charge in [0.2, 0.25) is 0 Å². The molecule has 120 valence electrons. The first-order valence-corrected chi connectivity index (χ1v) is 7.85. The third-order valence-corrected chi connectivity index (χ3v) is 2.59. The molecule has 3 N–H and O–H groups in total. The minimum atomic E-state index is 0.313. The zero-order valence-corrected chi connectivity index (χ0v) is 14.3. The van der Waals surface area contributed by atoms with E-state index in [2.05, 4.69) is 67.6 Å². The zero-order valence-electron chi connectivity index (χ0n) is 14.3. The van der Waals surface area contributed by atoms with Gasteiger partial charge in [-0.1, -0.05) is 0 Å². The summed E-state index contributed by atoms with van der Waals surface area (Å²) in [5.74, 6) is 0.919. The van der Waals surface area contributed by atoms with Crippen LogP contribution in [0.15, 0.2) is 4.99 Å². The molecule has 0 amide bonds. The largest absolute Gasteiger partial charge is 0.356 e. The Morgan fingerprint density at radius 1 is 1.00 bits per heavy atom. The molecule has 5 nitrogen and oxygen atoms in total. The van der Waals surface area contributed by atoms with Gasteiger partial charge < -0.3 is 20.9 Å². The lowest BCUT2D eigenvalue weighted by atomic mass is 10.3. The van der Waals surface area contributed by atoms with Crippen LogP contribution in [-0.2, 0) is 0 Å². The molecule has 0 aliphatic rings. The summed E-state index contributed by atoms with van der Waals surface area (Å²) in [6.45, 7) is 12.7. The lowest BCUT2D eigenvalue weighted by molar-refractivity contribution is 0.394. The molecule has 0 aliphatic carbocycles. The molecular weight excluding hydrogens is 250 g/mol. The lowest BCUT2D eigenvalue weighted by Gasteiger charge is -2.16. The van der Waals surface area contributed by atoms with Gasteiger partial charge in [0, 0.05) is 18.6 Å². The van der Waals surface area contributed by atoms with E-state index in [1.165, 1.54) is 6.42 Å². The Balaban J connectivity index is 3.64. The van der Waals surface area contributed by atoms with E-state index in [0.29, 0.717) is 12.1 Å². The number of hydrogen-bond acceptors (Lipinski definition) is 3. The molecule has 5 heteroatoms. The van der Waals surface area contributed by atoms with E-state index in [0.717, 1.165) is 38.6 Å². The summed E-state index contributed by atoms with van der Waals surface area (Å²) < 4.78 is 0. The Morgan fingerprint density at radius 2 is 1.65 bits per heavy atom. The normalized spacial score (nSPS) is 12.6. The molecule has 0 fully saturated rings. The maximum Gasteiger partial charge on any atom is 0.191 e.